The Morgan fingerprint density at radius 1 is 0.824 bits per heavy atom. The Labute approximate surface area is 298 Å². The Bertz CT molecular complexity index is 2120. The summed E-state index contributed by atoms with van der Waals surface area (Å²) in [6.07, 6.45) is 0.763. The quantitative estimate of drug-likeness (QED) is 0.198. The van der Waals surface area contributed by atoms with Crippen LogP contribution in [-0.2, 0) is 49.2 Å². The Morgan fingerprint density at radius 3 is 2.22 bits per heavy atom. The monoisotopic (exact) mass is 682 g/mol. The van der Waals surface area contributed by atoms with Crippen molar-refractivity contribution in [1.82, 2.24) is 14.4 Å². The van der Waals surface area contributed by atoms with E-state index in [-0.39, 0.29) is 36.1 Å². The summed E-state index contributed by atoms with van der Waals surface area (Å²) in [5.74, 6) is -0.280. The van der Waals surface area contributed by atoms with Gasteiger partial charge in [0.15, 0.2) is 0 Å². The molecule has 2 aliphatic rings. The minimum absolute atomic E-state index is 0.0143. The molecular formula is C42H42N4O5. The number of hydrogen-bond donors (Lipinski definition) is 1. The second-order valence-corrected chi connectivity index (χ2v) is 13.6. The number of carbonyl (C=O) groups is 3. The Morgan fingerprint density at radius 2 is 1.49 bits per heavy atom. The zero-order chi connectivity index (χ0) is 35.8. The number of aromatic hydroxyl groups is 1. The highest BCUT2D eigenvalue weighted by molar-refractivity contribution is 6.08. The molecule has 1 aromatic heterocycles. The van der Waals surface area contributed by atoms with Crippen LogP contribution in [0.2, 0.25) is 0 Å². The fourth-order valence-electron chi connectivity index (χ4n) is 7.19. The van der Waals surface area contributed by atoms with E-state index in [1.54, 1.807) is 41.1 Å². The van der Waals surface area contributed by atoms with E-state index in [0.717, 1.165) is 45.6 Å². The molecule has 0 fully saturated rings. The van der Waals surface area contributed by atoms with Gasteiger partial charge in [-0.05, 0) is 90.6 Å². The third-order valence-corrected chi connectivity index (χ3v) is 10.3. The smallest absolute Gasteiger partial charge is 0.259 e. The molecule has 9 nitrogen and oxygen atoms in total. The van der Waals surface area contributed by atoms with Crippen molar-refractivity contribution < 1.29 is 24.2 Å². The molecule has 0 spiro atoms. The zero-order valence-corrected chi connectivity index (χ0v) is 29.4. The number of phenols is 1. The van der Waals surface area contributed by atoms with Gasteiger partial charge in [-0.25, -0.2) is 0 Å². The van der Waals surface area contributed by atoms with Gasteiger partial charge in [-0.3, -0.25) is 14.4 Å². The van der Waals surface area contributed by atoms with E-state index >= 15 is 0 Å². The van der Waals surface area contributed by atoms with E-state index in [1.165, 1.54) is 5.56 Å². The van der Waals surface area contributed by atoms with Crippen molar-refractivity contribution in [2.24, 2.45) is 7.05 Å². The number of ether oxygens (including phenoxy) is 1. The van der Waals surface area contributed by atoms with Crippen molar-refractivity contribution in [1.29, 1.82) is 0 Å². The molecule has 1 atom stereocenters. The molecule has 9 heteroatoms. The lowest BCUT2D eigenvalue weighted by Crippen LogP contribution is -2.42. The summed E-state index contributed by atoms with van der Waals surface area (Å²) >= 11 is 0. The van der Waals surface area contributed by atoms with Crippen LogP contribution < -0.4 is 4.90 Å². The summed E-state index contributed by atoms with van der Waals surface area (Å²) in [4.78, 5) is 47.1. The summed E-state index contributed by atoms with van der Waals surface area (Å²) in [5.41, 5.74) is 9.20. The van der Waals surface area contributed by atoms with E-state index in [0.29, 0.717) is 43.1 Å². The van der Waals surface area contributed by atoms with E-state index in [1.807, 2.05) is 84.1 Å². The summed E-state index contributed by atoms with van der Waals surface area (Å²) in [7, 11) is 3.61. The predicted octanol–water partition coefficient (Wildman–Crippen LogP) is 6.63. The van der Waals surface area contributed by atoms with Gasteiger partial charge in [-0.2, -0.15) is 0 Å². The second-order valence-electron chi connectivity index (χ2n) is 13.6. The fraction of sp³-hybridized carbons (Fsp3) is 0.262. The van der Waals surface area contributed by atoms with E-state index in [9.17, 15) is 19.5 Å². The number of hydrogen-bond acceptors (Lipinski definition) is 5. The first-order valence-corrected chi connectivity index (χ1v) is 17.3. The maximum Gasteiger partial charge on any atom is 0.259 e. The lowest BCUT2D eigenvalue weighted by Gasteiger charge is -2.35. The number of aromatic nitrogens is 1. The second kappa shape index (κ2) is 13.9. The number of anilines is 1. The first kappa shape index (κ1) is 33.8. The van der Waals surface area contributed by atoms with Crippen LogP contribution in [0, 0.1) is 6.92 Å². The van der Waals surface area contributed by atoms with E-state index in [4.69, 9.17) is 4.74 Å². The average Bonchev–Trinajstić information content (AvgIpc) is 3.70. The molecular weight excluding hydrogens is 640 g/mol. The van der Waals surface area contributed by atoms with Crippen LogP contribution in [0.5, 0.6) is 5.75 Å². The van der Waals surface area contributed by atoms with Crippen molar-refractivity contribution in [3.05, 3.63) is 142 Å². The lowest BCUT2D eigenvalue weighted by atomic mass is 9.92. The number of amides is 3. The summed E-state index contributed by atoms with van der Waals surface area (Å²) in [6.45, 7) is 5.58. The molecule has 2 aliphatic heterocycles. The molecule has 51 heavy (non-hydrogen) atoms. The standard InChI is InChI=1S/C42H42N4O5/c1-27-18-30-12-8-9-13-31(30)24-46(27)42(50)38-20-33-23-45(40(48)26-51-25-29-10-6-5-7-11-29)22-32(33)19-37(38)39-21-36(28(2)43(39)3)41(49)44(4)34-14-16-35(47)17-15-34/h5-17,19-21,27,47H,18,22-26H2,1-4H3/t27-/m1/s1. The van der Waals surface area contributed by atoms with Crippen molar-refractivity contribution in [3.8, 4) is 17.0 Å². The van der Waals surface area contributed by atoms with Crippen LogP contribution in [0.1, 0.15) is 61.2 Å². The third kappa shape index (κ3) is 6.65. The highest BCUT2D eigenvalue weighted by atomic mass is 16.5. The molecule has 3 heterocycles. The Kier molecular flexibility index (Phi) is 9.23. The molecule has 5 aromatic rings. The molecule has 0 saturated carbocycles. The van der Waals surface area contributed by atoms with Gasteiger partial charge in [0.1, 0.15) is 12.4 Å². The summed E-state index contributed by atoms with van der Waals surface area (Å²) < 4.78 is 7.73. The molecule has 7 rings (SSSR count). The molecule has 4 aromatic carbocycles. The number of phenolic OH excluding ortho intramolecular Hbond substituents is 1. The highest BCUT2D eigenvalue weighted by Gasteiger charge is 2.33. The Balaban J connectivity index is 1.22. The van der Waals surface area contributed by atoms with Crippen LogP contribution in [0.4, 0.5) is 5.69 Å². The van der Waals surface area contributed by atoms with Crippen LogP contribution in [0.15, 0.2) is 97.1 Å². The highest BCUT2D eigenvalue weighted by Crippen LogP contribution is 2.36. The minimum Gasteiger partial charge on any atom is -0.508 e. The van der Waals surface area contributed by atoms with Crippen molar-refractivity contribution in [2.45, 2.75) is 52.6 Å². The molecule has 260 valence electrons. The van der Waals surface area contributed by atoms with Crippen LogP contribution in [-0.4, -0.2) is 56.9 Å². The van der Waals surface area contributed by atoms with Gasteiger partial charge < -0.3 is 29.1 Å². The van der Waals surface area contributed by atoms with Crippen molar-refractivity contribution in [2.75, 3.05) is 18.6 Å². The lowest BCUT2D eigenvalue weighted by molar-refractivity contribution is -0.137. The first-order chi connectivity index (χ1) is 24.6. The maximum absolute atomic E-state index is 14.7. The topological polar surface area (TPSA) is 95.3 Å². The Hall–Kier alpha value is -5.67. The average molecular weight is 683 g/mol. The van der Waals surface area contributed by atoms with Gasteiger partial charge in [0.25, 0.3) is 11.8 Å². The molecule has 0 unspecified atom stereocenters. The molecule has 0 aliphatic carbocycles. The number of fused-ring (bicyclic) bond motifs is 2. The van der Waals surface area contributed by atoms with E-state index < -0.39 is 0 Å². The molecule has 1 N–H and O–H groups in total. The minimum atomic E-state index is -0.206. The van der Waals surface area contributed by atoms with Crippen LogP contribution >= 0.6 is 0 Å². The SMILES string of the molecule is Cc1c(C(=O)N(C)c2ccc(O)cc2)cc(-c2cc3c(cc2C(=O)N2Cc4ccccc4C[C@H]2C)CN(C(=O)COCc2ccccc2)C3)n1C. The van der Waals surface area contributed by atoms with Crippen molar-refractivity contribution >= 4 is 23.4 Å². The summed E-state index contributed by atoms with van der Waals surface area (Å²) in [6, 6.07) is 30.3. The fourth-order valence-corrected chi connectivity index (χ4v) is 7.19. The predicted molar refractivity (Wildman–Crippen MR) is 196 cm³/mol. The first-order valence-electron chi connectivity index (χ1n) is 17.3. The summed E-state index contributed by atoms with van der Waals surface area (Å²) in [5, 5.41) is 9.76. The maximum atomic E-state index is 14.7. The number of benzene rings is 4. The number of rotatable bonds is 8. The van der Waals surface area contributed by atoms with Crippen LogP contribution in [0.25, 0.3) is 11.3 Å². The van der Waals surface area contributed by atoms with Crippen LogP contribution in [0.3, 0.4) is 0 Å². The number of nitrogens with zero attached hydrogens (tertiary/aromatic N) is 4. The molecule has 3 amide bonds. The van der Waals surface area contributed by atoms with Gasteiger partial charge in [-0.1, -0.05) is 54.6 Å². The molecule has 0 bridgehead atoms. The number of carbonyl (C=O) groups excluding carboxylic acids is 3. The third-order valence-electron chi connectivity index (χ3n) is 10.3. The van der Waals surface area contributed by atoms with Crippen molar-refractivity contribution in [3.63, 3.8) is 0 Å². The molecule has 0 saturated heterocycles. The van der Waals surface area contributed by atoms with Gasteiger partial charge in [0.05, 0.1) is 12.2 Å². The molecule has 0 radical (unpaired) electrons. The van der Waals surface area contributed by atoms with Gasteiger partial charge in [-0.15, -0.1) is 0 Å². The normalized spacial score (nSPS) is 15.0. The van der Waals surface area contributed by atoms with Gasteiger partial charge >= 0.3 is 0 Å². The van der Waals surface area contributed by atoms with Gasteiger partial charge in [0.2, 0.25) is 5.91 Å². The van der Waals surface area contributed by atoms with E-state index in [2.05, 4.69) is 19.1 Å². The zero-order valence-electron chi connectivity index (χ0n) is 29.4. The largest absolute Gasteiger partial charge is 0.508 e. The van der Waals surface area contributed by atoms with Gasteiger partial charge in [0, 0.05) is 68.0 Å².